The Kier molecular flexibility index (Phi) is 3.65. The zero-order valence-electron chi connectivity index (χ0n) is 5.71. The van der Waals surface area contributed by atoms with Crippen LogP contribution in [0.1, 0.15) is 5.56 Å². The molecule has 0 aliphatic carbocycles. The Hall–Kier alpha value is -0.890. The second-order valence-corrected chi connectivity index (χ2v) is 1.96. The summed E-state index contributed by atoms with van der Waals surface area (Å²) in [7, 11) is 0. The van der Waals surface area contributed by atoms with Gasteiger partial charge in [-0.25, -0.2) is 0 Å². The van der Waals surface area contributed by atoms with Crippen molar-refractivity contribution < 1.29 is 17.9 Å². The maximum atomic E-state index is 5.02. The molecule has 0 amide bonds. The molecule has 2 N–H and O–H groups in total. The van der Waals surface area contributed by atoms with Gasteiger partial charge in [-0.2, -0.15) is 5.53 Å². The minimum Gasteiger partial charge on any atom is -1.00 e. The lowest BCUT2D eigenvalue weighted by Crippen LogP contribution is -3.00. The lowest BCUT2D eigenvalue weighted by Gasteiger charge is -1.87. The van der Waals surface area contributed by atoms with E-state index in [1.165, 1.54) is 5.56 Å². The van der Waals surface area contributed by atoms with E-state index in [1.807, 2.05) is 31.2 Å². The summed E-state index contributed by atoms with van der Waals surface area (Å²) in [5.74, 6) is 0. The normalized spacial score (nSPS) is 8.10. The molecule has 0 aliphatic rings. The molecule has 0 radical (unpaired) electrons. The number of nitrogens with zero attached hydrogens (tertiary/aromatic N) is 1. The van der Waals surface area contributed by atoms with E-state index in [0.717, 1.165) is 5.69 Å². The van der Waals surface area contributed by atoms with E-state index < -0.39 is 0 Å². The minimum atomic E-state index is 0. The first-order valence-electron chi connectivity index (χ1n) is 2.80. The number of halogens is 1. The number of nitrogens with two attached hydrogens (primary N) is 1. The summed E-state index contributed by atoms with van der Waals surface area (Å²) in [4.78, 5) is 0. The summed E-state index contributed by atoms with van der Waals surface area (Å²) >= 11 is 0. The van der Waals surface area contributed by atoms with Crippen molar-refractivity contribution in [3.63, 3.8) is 0 Å². The molecule has 10 heavy (non-hydrogen) atoms. The summed E-state index contributed by atoms with van der Waals surface area (Å²) < 4.78 is 0. The fraction of sp³-hybridized carbons (Fsp3) is 0.143. The first-order chi connectivity index (χ1) is 4.33. The highest BCUT2D eigenvalue weighted by Gasteiger charge is 1.87. The third-order valence-corrected chi connectivity index (χ3v) is 1.18. The molecule has 0 heterocycles. The van der Waals surface area contributed by atoms with Gasteiger partial charge in [-0.1, -0.05) is 17.7 Å². The maximum absolute atomic E-state index is 5.02. The molecule has 1 aromatic rings. The standard InChI is InChI=1S/C7H8N2.ClH/c1-6-2-4-7(9-8)5-3-6;/h2-5,8H,1H3;1H. The highest BCUT2D eigenvalue weighted by molar-refractivity contribution is 5.36. The van der Waals surface area contributed by atoms with Gasteiger partial charge in [-0.3, -0.25) is 0 Å². The maximum Gasteiger partial charge on any atom is 0.129 e. The monoisotopic (exact) mass is 156 g/mol. The van der Waals surface area contributed by atoms with Crippen molar-refractivity contribution in [2.24, 2.45) is 5.11 Å². The summed E-state index contributed by atoms with van der Waals surface area (Å²) in [5.41, 5.74) is 7.07. The SMILES string of the molecule is Cc1ccc(N=[NH2+])cc1.[Cl-]. The predicted octanol–water partition coefficient (Wildman–Crippen LogP) is -2.16. The van der Waals surface area contributed by atoms with E-state index in [4.69, 9.17) is 5.53 Å². The van der Waals surface area contributed by atoms with Crippen LogP contribution in [0, 0.1) is 6.92 Å². The molecule has 0 atom stereocenters. The van der Waals surface area contributed by atoms with Crippen molar-refractivity contribution in [3.05, 3.63) is 29.8 Å². The van der Waals surface area contributed by atoms with Gasteiger partial charge in [0.1, 0.15) is 5.69 Å². The van der Waals surface area contributed by atoms with Crippen LogP contribution in [-0.4, -0.2) is 0 Å². The zero-order chi connectivity index (χ0) is 6.69. The van der Waals surface area contributed by atoms with Gasteiger partial charge in [-0.15, -0.1) is 0 Å². The molecular formula is C7H9ClN2. The lowest BCUT2D eigenvalue weighted by atomic mass is 10.2. The second-order valence-electron chi connectivity index (χ2n) is 1.96. The minimum absolute atomic E-state index is 0. The average Bonchev–Trinajstić information content (AvgIpc) is 1.90. The molecule has 54 valence electrons. The number of hydrogen-bond acceptors (Lipinski definition) is 1. The Morgan fingerprint density at radius 1 is 1.20 bits per heavy atom. The Labute approximate surface area is 66.2 Å². The van der Waals surface area contributed by atoms with Crippen molar-refractivity contribution >= 4 is 5.69 Å². The molecule has 0 aliphatic heterocycles. The molecule has 2 nitrogen and oxygen atoms in total. The summed E-state index contributed by atoms with van der Waals surface area (Å²) in [6.07, 6.45) is 0. The molecule has 1 rings (SSSR count). The van der Waals surface area contributed by atoms with Gasteiger partial charge in [0.15, 0.2) is 0 Å². The molecule has 0 aromatic heterocycles. The molecule has 0 saturated heterocycles. The molecule has 1 aromatic carbocycles. The molecule has 0 unspecified atom stereocenters. The van der Waals surface area contributed by atoms with Gasteiger partial charge in [-0.05, 0) is 24.2 Å². The van der Waals surface area contributed by atoms with Gasteiger partial charge >= 0.3 is 0 Å². The van der Waals surface area contributed by atoms with Crippen LogP contribution in [0.4, 0.5) is 5.69 Å². The van der Waals surface area contributed by atoms with Crippen LogP contribution in [0.15, 0.2) is 29.4 Å². The van der Waals surface area contributed by atoms with Crippen LogP contribution in [0.25, 0.3) is 0 Å². The third kappa shape index (κ3) is 2.15. The number of rotatable bonds is 1. The highest BCUT2D eigenvalue weighted by atomic mass is 35.5. The number of aryl methyl sites for hydroxylation is 1. The fourth-order valence-corrected chi connectivity index (χ4v) is 0.631. The largest absolute Gasteiger partial charge is 1.00 e. The molecular weight excluding hydrogens is 148 g/mol. The fourth-order valence-electron chi connectivity index (χ4n) is 0.631. The Morgan fingerprint density at radius 3 is 2.10 bits per heavy atom. The predicted molar refractivity (Wildman–Crippen MR) is 35.2 cm³/mol. The van der Waals surface area contributed by atoms with Gasteiger partial charge in [0.2, 0.25) is 0 Å². The number of hydrogen-bond donors (Lipinski definition) is 1. The molecule has 0 fully saturated rings. The van der Waals surface area contributed by atoms with Crippen molar-refractivity contribution in [3.8, 4) is 0 Å². The van der Waals surface area contributed by atoms with E-state index >= 15 is 0 Å². The summed E-state index contributed by atoms with van der Waals surface area (Å²) in [6, 6.07) is 7.72. The summed E-state index contributed by atoms with van der Waals surface area (Å²) in [6.45, 7) is 2.03. The molecule has 3 heteroatoms. The van der Waals surface area contributed by atoms with Crippen molar-refractivity contribution in [1.82, 2.24) is 0 Å². The molecule has 0 spiro atoms. The third-order valence-electron chi connectivity index (χ3n) is 1.18. The van der Waals surface area contributed by atoms with Crippen LogP contribution in [-0.2, 0) is 0 Å². The Morgan fingerprint density at radius 2 is 1.70 bits per heavy atom. The van der Waals surface area contributed by atoms with Gasteiger partial charge < -0.3 is 12.4 Å². The van der Waals surface area contributed by atoms with Gasteiger partial charge in [0.25, 0.3) is 0 Å². The zero-order valence-corrected chi connectivity index (χ0v) is 6.47. The number of benzene rings is 1. The van der Waals surface area contributed by atoms with Crippen LogP contribution in [0.2, 0.25) is 0 Å². The first-order valence-corrected chi connectivity index (χ1v) is 2.80. The average molecular weight is 157 g/mol. The van der Waals surface area contributed by atoms with Crippen molar-refractivity contribution in [1.29, 1.82) is 0 Å². The quantitative estimate of drug-likeness (QED) is 0.450. The van der Waals surface area contributed by atoms with Crippen molar-refractivity contribution in [2.75, 3.05) is 0 Å². The van der Waals surface area contributed by atoms with Crippen molar-refractivity contribution in [2.45, 2.75) is 6.92 Å². The highest BCUT2D eigenvalue weighted by Crippen LogP contribution is 2.09. The van der Waals surface area contributed by atoms with Crippen LogP contribution < -0.4 is 17.9 Å². The van der Waals surface area contributed by atoms with E-state index in [2.05, 4.69) is 5.11 Å². The first kappa shape index (κ1) is 9.11. The van der Waals surface area contributed by atoms with E-state index in [9.17, 15) is 0 Å². The van der Waals surface area contributed by atoms with Crippen LogP contribution in [0.5, 0.6) is 0 Å². The van der Waals surface area contributed by atoms with Crippen LogP contribution in [0.3, 0.4) is 0 Å². The van der Waals surface area contributed by atoms with Gasteiger partial charge in [0.05, 0.1) is 0 Å². The topological polar surface area (TPSA) is 38.0 Å². The molecule has 0 bridgehead atoms. The smallest absolute Gasteiger partial charge is 0.129 e. The van der Waals surface area contributed by atoms with E-state index in [1.54, 1.807) is 0 Å². The van der Waals surface area contributed by atoms with Crippen LogP contribution >= 0.6 is 0 Å². The lowest BCUT2D eigenvalue weighted by molar-refractivity contribution is -0.210. The second kappa shape index (κ2) is 4.01. The molecule has 0 saturated carbocycles. The van der Waals surface area contributed by atoms with E-state index in [-0.39, 0.29) is 12.4 Å². The van der Waals surface area contributed by atoms with Gasteiger partial charge in [0, 0.05) is 0 Å². The summed E-state index contributed by atoms with van der Waals surface area (Å²) in [5, 5.41) is 3.51. The Balaban J connectivity index is 0.000000810. The Bertz CT molecular complexity index is 205. The van der Waals surface area contributed by atoms with E-state index in [0.29, 0.717) is 0 Å².